The molecule has 16 N–H and O–H groups in total. The fourth-order valence-electron chi connectivity index (χ4n) is 9.53. The molecule has 2 fully saturated rings. The van der Waals surface area contributed by atoms with E-state index in [4.69, 9.17) is 35.6 Å². The monoisotopic (exact) mass is 1110 g/mol. The number of primary amides is 2. The Labute approximate surface area is 460 Å². The summed E-state index contributed by atoms with van der Waals surface area (Å²) in [5.41, 5.74) is 23.2. The summed E-state index contributed by atoms with van der Waals surface area (Å²) < 4.78 is -0.517. The van der Waals surface area contributed by atoms with E-state index in [0.717, 1.165) is 48.6 Å². The van der Waals surface area contributed by atoms with Gasteiger partial charge in [0.15, 0.2) is 5.96 Å². The number of hydrogen-bond acceptors (Lipinski definition) is 13. The summed E-state index contributed by atoms with van der Waals surface area (Å²) in [6.45, 7) is 6.79. The molecular formula is C51H80N14O10S2. The first-order chi connectivity index (χ1) is 36.5. The largest absolute Gasteiger partial charge is 0.370 e. The Hall–Kier alpha value is -6.57. The summed E-state index contributed by atoms with van der Waals surface area (Å²) in [5, 5.41) is 19.5. The first-order valence-electron chi connectivity index (χ1n) is 26.4. The van der Waals surface area contributed by atoms with Crippen molar-refractivity contribution >= 4 is 101 Å². The molecule has 2 heterocycles. The van der Waals surface area contributed by atoms with Crippen LogP contribution in [0.5, 0.6) is 0 Å². The molecule has 10 amide bonds. The molecule has 26 heteroatoms. The number of likely N-dealkylation sites (tertiary alicyclic amines) is 1. The zero-order chi connectivity index (χ0) is 57.0. The van der Waals surface area contributed by atoms with Gasteiger partial charge in [-0.05, 0) is 62.0 Å². The van der Waals surface area contributed by atoms with E-state index in [0.29, 0.717) is 19.3 Å². The Morgan fingerprint density at radius 2 is 1.35 bits per heavy atom. The Balaban J connectivity index is 1.50. The number of nitrogens with one attached hydrogen (secondary N) is 8. The third-order valence-electron chi connectivity index (χ3n) is 14.3. The highest BCUT2D eigenvalue weighted by Crippen LogP contribution is 2.36. The van der Waals surface area contributed by atoms with Gasteiger partial charge in [0, 0.05) is 53.5 Å². The highest BCUT2D eigenvalue weighted by molar-refractivity contribution is 7.81. The lowest BCUT2D eigenvalue weighted by atomic mass is 9.85. The first-order valence-corrected chi connectivity index (χ1v) is 27.5. The number of H-pyrrole nitrogens is 1. The molecule has 1 aromatic heterocycles. The predicted molar refractivity (Wildman–Crippen MR) is 296 cm³/mol. The Morgan fingerprint density at radius 1 is 0.740 bits per heavy atom. The summed E-state index contributed by atoms with van der Waals surface area (Å²) >= 11 is 9.18. The van der Waals surface area contributed by atoms with Gasteiger partial charge in [-0.25, -0.2) is 0 Å². The second-order valence-corrected chi connectivity index (χ2v) is 21.6. The molecule has 426 valence electrons. The van der Waals surface area contributed by atoms with E-state index >= 15 is 0 Å². The number of carbonyl (C=O) groups excluding carboxylic acids is 10. The van der Waals surface area contributed by atoms with Crippen LogP contribution in [0.4, 0.5) is 0 Å². The number of para-hydroxylation sites is 1. The number of benzene rings is 1. The average Bonchev–Trinajstić information content (AvgIpc) is 4.05. The van der Waals surface area contributed by atoms with Crippen LogP contribution in [0.25, 0.3) is 10.9 Å². The lowest BCUT2D eigenvalue weighted by Gasteiger charge is -2.33. The molecule has 0 spiro atoms. The molecule has 1 saturated carbocycles. The van der Waals surface area contributed by atoms with Gasteiger partial charge in [0.05, 0.1) is 13.0 Å². The number of guanidine groups is 1. The van der Waals surface area contributed by atoms with Crippen LogP contribution < -0.4 is 60.2 Å². The molecule has 2 aromatic rings. The number of fused-ring (bicyclic) bond motifs is 1. The van der Waals surface area contributed by atoms with Gasteiger partial charge in [0.2, 0.25) is 59.1 Å². The summed E-state index contributed by atoms with van der Waals surface area (Å²) in [6, 6.07) is -1.38. The number of aromatic amines is 1. The van der Waals surface area contributed by atoms with Gasteiger partial charge in [-0.1, -0.05) is 78.0 Å². The van der Waals surface area contributed by atoms with Crippen LogP contribution in [-0.2, 0) is 54.4 Å². The lowest BCUT2D eigenvalue weighted by molar-refractivity contribution is -0.142. The van der Waals surface area contributed by atoms with Crippen LogP contribution >= 0.6 is 25.3 Å². The van der Waals surface area contributed by atoms with Gasteiger partial charge in [-0.2, -0.15) is 25.3 Å². The minimum Gasteiger partial charge on any atom is -0.370 e. The van der Waals surface area contributed by atoms with Crippen LogP contribution in [0.15, 0.2) is 35.5 Å². The maximum absolute atomic E-state index is 14.5. The van der Waals surface area contributed by atoms with Gasteiger partial charge < -0.3 is 70.0 Å². The summed E-state index contributed by atoms with van der Waals surface area (Å²) in [6.07, 6.45) is 7.38. The van der Waals surface area contributed by atoms with Crippen molar-refractivity contribution in [3.63, 3.8) is 0 Å². The maximum Gasteiger partial charge on any atom is 0.246 e. The Kier molecular flexibility index (Phi) is 24.9. The molecule has 77 heavy (non-hydrogen) atoms. The van der Waals surface area contributed by atoms with E-state index in [9.17, 15) is 47.9 Å². The first kappa shape index (κ1) is 63.0. The van der Waals surface area contributed by atoms with Gasteiger partial charge >= 0.3 is 0 Å². The average molecular weight is 1110 g/mol. The van der Waals surface area contributed by atoms with Crippen molar-refractivity contribution in [3.8, 4) is 0 Å². The number of thiol groups is 2. The summed E-state index contributed by atoms with van der Waals surface area (Å²) in [7, 11) is 0. The van der Waals surface area contributed by atoms with E-state index < -0.39 is 125 Å². The normalized spacial score (nSPS) is 18.1. The highest BCUT2D eigenvalue weighted by Gasteiger charge is 2.41. The van der Waals surface area contributed by atoms with E-state index in [1.807, 2.05) is 31.2 Å². The third kappa shape index (κ3) is 19.1. The number of carbonyl (C=O) groups is 10. The smallest absolute Gasteiger partial charge is 0.246 e. The number of nitrogens with two attached hydrogens (primary N) is 4. The maximum atomic E-state index is 14.5. The fourth-order valence-corrected chi connectivity index (χ4v) is 10.2. The molecule has 0 radical (unpaired) electrons. The Bertz CT molecular complexity index is 2450. The number of rotatable bonds is 30. The van der Waals surface area contributed by atoms with E-state index in [1.54, 1.807) is 27.0 Å². The third-order valence-corrected chi connectivity index (χ3v) is 15.3. The zero-order valence-electron chi connectivity index (χ0n) is 44.5. The Morgan fingerprint density at radius 3 is 1.96 bits per heavy atom. The van der Waals surface area contributed by atoms with Gasteiger partial charge in [0.25, 0.3) is 0 Å². The fraction of sp³-hybridized carbons (Fsp3) is 0.627. The van der Waals surface area contributed by atoms with Crippen LogP contribution in [0.2, 0.25) is 0 Å². The van der Waals surface area contributed by atoms with Crippen molar-refractivity contribution in [2.75, 3.05) is 25.4 Å². The standard InChI is InChI=1S/C51H80N14O10S2/c1-5-28(3)41(64-48(74)42(29(4)6-2)63-45(71)34(22-30-25-57-32-15-9-8-14-31(30)32)59-40(68)24-51(77)18-10-7-11-19-51)47(73)61-35(23-38(52)66)44(70)62-36(27-76)49(75)65-21-13-17-37(65)46(72)60-33(16-12-20-56-50(54)55)43(69)58-26-39(53)67/h8-9,14-15,25,28-29,33-37,41-42,57,76-77H,5-7,10-13,16-24,26-27H2,1-4H3,(H2,52,66)(H2,53,67)(H,58,69)(H,59,68)(H,60,72)(H,61,73)(H,62,70)(H,63,71)(H,64,74)(H4,54,55,56)/t28-,29+,33-,34-,35-,36-,37-,41-,42-/m0/s1. The SMILES string of the molecule is CC[C@@H](C)[C@H](NC(=O)[C@H](Cc1c[nH]c2ccccc12)NC(=O)CC1(S)CCCCC1)C(=O)N[C@H](C(=O)N[C@@H](CC(N)=O)C(=O)N[C@@H](CS)C(=O)N1CCC[C@H]1C(=O)N[C@@H](CCCN=C(N)N)C(=O)NCC(N)=O)[C@@H](C)CC. The van der Waals surface area contributed by atoms with Gasteiger partial charge in [-0.3, -0.25) is 52.9 Å². The molecule has 1 aromatic carbocycles. The number of aromatic nitrogens is 1. The van der Waals surface area contributed by atoms with Crippen molar-refractivity contribution in [3.05, 3.63) is 36.0 Å². The molecular weight excluding hydrogens is 1030 g/mol. The number of amides is 10. The van der Waals surface area contributed by atoms with Crippen molar-refractivity contribution in [2.45, 2.75) is 165 Å². The molecule has 9 atom stereocenters. The molecule has 4 rings (SSSR count). The van der Waals surface area contributed by atoms with Gasteiger partial charge in [-0.15, -0.1) is 0 Å². The lowest BCUT2D eigenvalue weighted by Crippen LogP contribution is -2.62. The molecule has 1 saturated heterocycles. The number of nitrogens with zero attached hydrogens (tertiary/aromatic N) is 2. The van der Waals surface area contributed by atoms with Crippen molar-refractivity contribution in [1.29, 1.82) is 0 Å². The van der Waals surface area contributed by atoms with Crippen molar-refractivity contribution in [1.82, 2.24) is 47.1 Å². The summed E-state index contributed by atoms with van der Waals surface area (Å²) in [5.74, 6) is -8.97. The van der Waals surface area contributed by atoms with Gasteiger partial charge in [0.1, 0.15) is 42.3 Å². The minimum atomic E-state index is -1.65. The molecule has 24 nitrogen and oxygen atoms in total. The van der Waals surface area contributed by atoms with E-state index in [1.165, 1.54) is 4.90 Å². The zero-order valence-corrected chi connectivity index (χ0v) is 46.3. The topological polar surface area (TPSA) is 390 Å². The van der Waals surface area contributed by atoms with E-state index in [-0.39, 0.29) is 62.8 Å². The molecule has 2 aliphatic rings. The predicted octanol–water partition coefficient (Wildman–Crippen LogP) is -0.815. The second-order valence-electron chi connectivity index (χ2n) is 20.2. The molecule has 1 aliphatic carbocycles. The number of hydrogen-bond donors (Lipinski definition) is 14. The second kappa shape index (κ2) is 30.4. The van der Waals surface area contributed by atoms with Crippen LogP contribution in [0.3, 0.4) is 0 Å². The molecule has 1 aliphatic heterocycles. The molecule has 0 unspecified atom stereocenters. The highest BCUT2D eigenvalue weighted by atomic mass is 32.1. The summed E-state index contributed by atoms with van der Waals surface area (Å²) in [4.78, 5) is 144. The van der Waals surface area contributed by atoms with Crippen molar-refractivity contribution < 1.29 is 47.9 Å². The quantitative estimate of drug-likeness (QED) is 0.0198. The number of aliphatic imine (C=N–C) groups is 1. The minimum absolute atomic E-state index is 0.0543. The van der Waals surface area contributed by atoms with Crippen LogP contribution in [0.1, 0.15) is 117 Å². The van der Waals surface area contributed by atoms with Crippen molar-refractivity contribution in [2.24, 2.45) is 39.8 Å². The molecule has 0 bridgehead atoms. The van der Waals surface area contributed by atoms with E-state index in [2.05, 4.69) is 59.8 Å². The van der Waals surface area contributed by atoms with Crippen LogP contribution in [0, 0.1) is 11.8 Å². The van der Waals surface area contributed by atoms with Crippen LogP contribution in [-0.4, -0.2) is 147 Å².